The molecule has 5 heteroatoms. The molecule has 0 radical (unpaired) electrons. The van der Waals surface area contributed by atoms with Crippen molar-refractivity contribution in [3.63, 3.8) is 0 Å². The average Bonchev–Trinajstić information content (AvgIpc) is 3.27. The summed E-state index contributed by atoms with van der Waals surface area (Å²) in [5.74, 6) is 1.20. The fraction of sp³-hybridized carbons (Fsp3) is 0.588. The number of aliphatic hydroxyl groups excluding tert-OH is 1. The first-order chi connectivity index (χ1) is 10.4. The van der Waals surface area contributed by atoms with E-state index in [4.69, 9.17) is 4.74 Å². The van der Waals surface area contributed by atoms with E-state index in [0.717, 1.165) is 29.7 Å². The van der Waals surface area contributed by atoms with Gasteiger partial charge in [-0.25, -0.2) is 4.79 Å². The Bertz CT molecular complexity index is 508. The molecule has 122 valence electrons. The van der Waals surface area contributed by atoms with Crippen molar-refractivity contribution in [1.29, 1.82) is 0 Å². The van der Waals surface area contributed by atoms with Crippen LogP contribution in [0.3, 0.4) is 0 Å². The number of hydrogen-bond acceptors (Lipinski definition) is 3. The zero-order valence-electron chi connectivity index (χ0n) is 13.6. The molecule has 0 saturated heterocycles. The van der Waals surface area contributed by atoms with Gasteiger partial charge in [0.2, 0.25) is 0 Å². The number of nitrogens with one attached hydrogen (secondary N) is 2. The maximum Gasteiger partial charge on any atom is 0.315 e. The highest BCUT2D eigenvalue weighted by molar-refractivity contribution is 5.74. The summed E-state index contributed by atoms with van der Waals surface area (Å²) >= 11 is 0. The van der Waals surface area contributed by atoms with Crippen LogP contribution >= 0.6 is 0 Å². The van der Waals surface area contributed by atoms with Gasteiger partial charge in [0, 0.05) is 0 Å². The van der Waals surface area contributed by atoms with Crippen LogP contribution in [0.5, 0.6) is 5.75 Å². The summed E-state index contributed by atoms with van der Waals surface area (Å²) in [5, 5.41) is 15.1. The van der Waals surface area contributed by atoms with Crippen LogP contribution in [0, 0.1) is 19.8 Å². The maximum atomic E-state index is 11.9. The topological polar surface area (TPSA) is 70.6 Å². The molecule has 1 aliphatic rings. The van der Waals surface area contributed by atoms with Gasteiger partial charge in [0.05, 0.1) is 18.7 Å². The summed E-state index contributed by atoms with van der Waals surface area (Å²) < 4.78 is 5.64. The molecular formula is C17H26N2O3. The maximum absolute atomic E-state index is 11.9. The Hall–Kier alpha value is -1.75. The normalized spacial score (nSPS) is 16.7. The van der Waals surface area contributed by atoms with Crippen LogP contribution in [0.25, 0.3) is 0 Å². The van der Waals surface area contributed by atoms with Gasteiger partial charge in [0.25, 0.3) is 0 Å². The van der Waals surface area contributed by atoms with Gasteiger partial charge in [-0.1, -0.05) is 6.07 Å². The summed E-state index contributed by atoms with van der Waals surface area (Å²) in [6.45, 7) is 6.74. The zero-order chi connectivity index (χ0) is 16.2. The highest BCUT2D eigenvalue weighted by Crippen LogP contribution is 2.39. The lowest BCUT2D eigenvalue weighted by Gasteiger charge is -2.28. The van der Waals surface area contributed by atoms with Crippen LogP contribution in [-0.2, 0) is 0 Å². The molecule has 0 bridgehead atoms. The number of carbonyl (C=O) groups excluding carboxylic acids is 1. The molecule has 1 aliphatic carbocycles. The number of rotatable bonds is 7. The van der Waals surface area contributed by atoms with E-state index >= 15 is 0 Å². The molecule has 0 aromatic heterocycles. The minimum Gasteiger partial charge on any atom is -0.492 e. The fourth-order valence-corrected chi connectivity index (χ4v) is 2.64. The van der Waals surface area contributed by atoms with E-state index in [9.17, 15) is 9.90 Å². The fourth-order valence-electron chi connectivity index (χ4n) is 2.64. The molecule has 1 aromatic rings. The third-order valence-electron chi connectivity index (χ3n) is 4.06. The molecule has 3 N–H and O–H groups in total. The molecule has 1 aromatic carbocycles. The van der Waals surface area contributed by atoms with E-state index in [1.165, 1.54) is 0 Å². The van der Waals surface area contributed by atoms with Gasteiger partial charge >= 0.3 is 6.03 Å². The van der Waals surface area contributed by atoms with Gasteiger partial charge in [-0.2, -0.15) is 0 Å². The number of aliphatic hydroxyl groups is 1. The lowest BCUT2D eigenvalue weighted by atomic mass is 9.97. The molecular weight excluding hydrogens is 280 g/mol. The first-order valence-corrected chi connectivity index (χ1v) is 7.81. The van der Waals surface area contributed by atoms with E-state index in [0.29, 0.717) is 19.1 Å². The Morgan fingerprint density at radius 3 is 2.50 bits per heavy atom. The predicted molar refractivity (Wildman–Crippen MR) is 86.2 cm³/mol. The van der Waals surface area contributed by atoms with Crippen LogP contribution in [0.1, 0.15) is 30.9 Å². The van der Waals surface area contributed by atoms with Crippen LogP contribution in [0.4, 0.5) is 4.79 Å². The number of hydrogen-bond donors (Lipinski definition) is 3. The molecule has 5 nitrogen and oxygen atoms in total. The SMILES string of the molecule is Cc1cc(C)cc(OCCNC(=O)NC(C)(CO)C2CC2)c1. The second kappa shape index (κ2) is 7.01. The van der Waals surface area contributed by atoms with Crippen molar-refractivity contribution in [2.45, 2.75) is 39.2 Å². The second-order valence-corrected chi connectivity index (χ2v) is 6.40. The van der Waals surface area contributed by atoms with Crippen molar-refractivity contribution in [3.8, 4) is 5.75 Å². The van der Waals surface area contributed by atoms with Crippen molar-refractivity contribution in [2.75, 3.05) is 19.8 Å². The van der Waals surface area contributed by atoms with Gasteiger partial charge in [0.15, 0.2) is 0 Å². The van der Waals surface area contributed by atoms with Gasteiger partial charge < -0.3 is 20.5 Å². The lowest BCUT2D eigenvalue weighted by Crippen LogP contribution is -2.54. The van der Waals surface area contributed by atoms with Crippen molar-refractivity contribution < 1.29 is 14.6 Å². The van der Waals surface area contributed by atoms with E-state index in [1.807, 2.05) is 32.9 Å². The smallest absolute Gasteiger partial charge is 0.315 e. The predicted octanol–water partition coefficient (Wildman–Crippen LogP) is 2.14. The molecule has 0 heterocycles. The van der Waals surface area contributed by atoms with E-state index < -0.39 is 5.54 Å². The highest BCUT2D eigenvalue weighted by Gasteiger charge is 2.42. The number of benzene rings is 1. The monoisotopic (exact) mass is 306 g/mol. The van der Waals surface area contributed by atoms with Gasteiger partial charge in [-0.3, -0.25) is 0 Å². The molecule has 2 rings (SSSR count). The molecule has 1 unspecified atom stereocenters. The standard InChI is InChI=1S/C17H26N2O3/c1-12-8-13(2)10-15(9-12)22-7-6-18-16(21)19-17(3,11-20)14-4-5-14/h8-10,14,20H,4-7,11H2,1-3H3,(H2,18,19,21). The van der Waals surface area contributed by atoms with Crippen molar-refractivity contribution in [3.05, 3.63) is 29.3 Å². The Morgan fingerprint density at radius 1 is 1.32 bits per heavy atom. The summed E-state index contributed by atoms with van der Waals surface area (Å²) in [6.07, 6.45) is 2.13. The third kappa shape index (κ3) is 4.63. The summed E-state index contributed by atoms with van der Waals surface area (Å²) in [4.78, 5) is 11.9. The molecule has 2 amide bonds. The Labute approximate surface area is 132 Å². The Kier molecular flexibility index (Phi) is 5.29. The minimum absolute atomic E-state index is 0.0375. The van der Waals surface area contributed by atoms with Crippen LogP contribution in [0.15, 0.2) is 18.2 Å². The highest BCUT2D eigenvalue weighted by atomic mass is 16.5. The average molecular weight is 306 g/mol. The van der Waals surface area contributed by atoms with E-state index in [2.05, 4.69) is 16.7 Å². The molecule has 1 fully saturated rings. The van der Waals surface area contributed by atoms with Crippen LogP contribution in [0.2, 0.25) is 0 Å². The molecule has 0 spiro atoms. The van der Waals surface area contributed by atoms with Crippen molar-refractivity contribution in [2.24, 2.45) is 5.92 Å². The van der Waals surface area contributed by atoms with Gasteiger partial charge in [0.1, 0.15) is 12.4 Å². The third-order valence-corrected chi connectivity index (χ3v) is 4.06. The van der Waals surface area contributed by atoms with E-state index in [-0.39, 0.29) is 12.6 Å². The van der Waals surface area contributed by atoms with Crippen molar-refractivity contribution in [1.82, 2.24) is 10.6 Å². The Balaban J connectivity index is 1.70. The number of carbonyl (C=O) groups is 1. The quantitative estimate of drug-likeness (QED) is 0.676. The lowest BCUT2D eigenvalue weighted by molar-refractivity contribution is 0.154. The van der Waals surface area contributed by atoms with Crippen molar-refractivity contribution >= 4 is 6.03 Å². The second-order valence-electron chi connectivity index (χ2n) is 6.40. The largest absolute Gasteiger partial charge is 0.492 e. The first-order valence-electron chi connectivity index (χ1n) is 7.81. The summed E-state index contributed by atoms with van der Waals surface area (Å²) in [6, 6.07) is 5.78. The number of ether oxygens (including phenoxy) is 1. The van der Waals surface area contributed by atoms with Crippen LogP contribution < -0.4 is 15.4 Å². The first kappa shape index (κ1) is 16.6. The molecule has 0 aliphatic heterocycles. The van der Waals surface area contributed by atoms with Gasteiger partial charge in [-0.05, 0) is 62.8 Å². The van der Waals surface area contributed by atoms with Crippen LogP contribution in [-0.4, -0.2) is 36.4 Å². The summed E-state index contributed by atoms with van der Waals surface area (Å²) in [7, 11) is 0. The molecule has 22 heavy (non-hydrogen) atoms. The van der Waals surface area contributed by atoms with E-state index in [1.54, 1.807) is 0 Å². The number of urea groups is 1. The number of amides is 2. The minimum atomic E-state index is -0.515. The Morgan fingerprint density at radius 2 is 1.95 bits per heavy atom. The molecule has 1 saturated carbocycles. The summed E-state index contributed by atoms with van der Waals surface area (Å²) in [5.41, 5.74) is 1.80. The zero-order valence-corrected chi connectivity index (χ0v) is 13.6. The number of aryl methyl sites for hydroxylation is 2. The van der Waals surface area contributed by atoms with Gasteiger partial charge in [-0.15, -0.1) is 0 Å². The molecule has 1 atom stereocenters.